The van der Waals surface area contributed by atoms with E-state index >= 15 is 0 Å². The molecule has 0 saturated carbocycles. The molecule has 1 amide bonds. The maximum atomic E-state index is 12.2. The first-order chi connectivity index (χ1) is 10.2. The molecule has 5 nitrogen and oxygen atoms in total. The van der Waals surface area contributed by atoms with Crippen LogP contribution in [0.4, 0.5) is 5.69 Å². The van der Waals surface area contributed by atoms with Crippen molar-refractivity contribution < 1.29 is 13.2 Å². The zero-order valence-corrected chi connectivity index (χ0v) is 14.8. The first-order valence-corrected chi connectivity index (χ1v) is 9.37. The minimum Gasteiger partial charge on any atom is -0.354 e. The fourth-order valence-electron chi connectivity index (χ4n) is 2.40. The Kier molecular flexibility index (Phi) is 6.41. The second kappa shape index (κ2) is 7.63. The Balaban J connectivity index is 3.09. The van der Waals surface area contributed by atoms with Crippen LogP contribution in [-0.2, 0) is 21.2 Å². The molecular formula is C16H26N2O3S. The summed E-state index contributed by atoms with van der Waals surface area (Å²) in [7, 11) is -3.44. The second-order valence-electron chi connectivity index (χ2n) is 5.74. The Morgan fingerprint density at radius 2 is 1.95 bits per heavy atom. The zero-order chi connectivity index (χ0) is 16.9. The Morgan fingerprint density at radius 1 is 1.32 bits per heavy atom. The molecule has 0 fully saturated rings. The number of nitrogens with one attached hydrogen (secondary N) is 1. The van der Waals surface area contributed by atoms with Crippen LogP contribution < -0.4 is 9.62 Å². The Morgan fingerprint density at radius 3 is 2.45 bits per heavy atom. The molecule has 0 saturated heterocycles. The van der Waals surface area contributed by atoms with E-state index in [1.54, 1.807) is 0 Å². The summed E-state index contributed by atoms with van der Waals surface area (Å²) in [6.45, 7) is 7.78. The number of carbonyl (C=O) groups excluding carboxylic acids is 1. The van der Waals surface area contributed by atoms with Gasteiger partial charge in [0.05, 0.1) is 11.9 Å². The van der Waals surface area contributed by atoms with Gasteiger partial charge in [-0.1, -0.05) is 25.1 Å². The van der Waals surface area contributed by atoms with Gasteiger partial charge in [0.2, 0.25) is 15.9 Å². The molecule has 1 N–H and O–H groups in total. The molecule has 0 heterocycles. The third-order valence-corrected chi connectivity index (χ3v) is 4.51. The van der Waals surface area contributed by atoms with Gasteiger partial charge >= 0.3 is 0 Å². The molecule has 1 aromatic carbocycles. The highest BCUT2D eigenvalue weighted by molar-refractivity contribution is 7.92. The van der Waals surface area contributed by atoms with Crippen LogP contribution >= 0.6 is 0 Å². The molecule has 0 aliphatic heterocycles. The topological polar surface area (TPSA) is 66.5 Å². The van der Waals surface area contributed by atoms with Crippen LogP contribution in [-0.4, -0.2) is 33.2 Å². The maximum Gasteiger partial charge on any atom is 0.232 e. The van der Waals surface area contributed by atoms with Gasteiger partial charge in [0, 0.05) is 19.0 Å². The predicted octanol–water partition coefficient (Wildman–Crippen LogP) is 2.24. The Labute approximate surface area is 133 Å². The van der Waals surface area contributed by atoms with E-state index in [0.717, 1.165) is 17.5 Å². The zero-order valence-electron chi connectivity index (χ0n) is 14.0. The van der Waals surface area contributed by atoms with Crippen LogP contribution in [0.2, 0.25) is 0 Å². The summed E-state index contributed by atoms with van der Waals surface area (Å²) in [5.41, 5.74) is 2.56. The van der Waals surface area contributed by atoms with Gasteiger partial charge in [-0.3, -0.25) is 9.10 Å². The first kappa shape index (κ1) is 18.5. The monoisotopic (exact) mass is 326 g/mol. The first-order valence-electron chi connectivity index (χ1n) is 7.52. The molecule has 0 bridgehead atoms. The molecule has 22 heavy (non-hydrogen) atoms. The third kappa shape index (κ3) is 5.02. The summed E-state index contributed by atoms with van der Waals surface area (Å²) in [4.78, 5) is 11.8. The molecule has 1 aromatic rings. The minimum atomic E-state index is -3.44. The lowest BCUT2D eigenvalue weighted by Crippen LogP contribution is -2.37. The van der Waals surface area contributed by atoms with Gasteiger partial charge in [-0.15, -0.1) is 0 Å². The number of amides is 1. The van der Waals surface area contributed by atoms with E-state index < -0.39 is 10.0 Å². The van der Waals surface area contributed by atoms with Crippen molar-refractivity contribution >= 4 is 21.6 Å². The van der Waals surface area contributed by atoms with Crippen LogP contribution in [0, 0.1) is 6.92 Å². The van der Waals surface area contributed by atoms with E-state index in [1.807, 2.05) is 45.9 Å². The van der Waals surface area contributed by atoms with Crippen molar-refractivity contribution in [2.45, 2.75) is 46.6 Å². The lowest BCUT2D eigenvalue weighted by atomic mass is 10.1. The molecule has 0 aliphatic rings. The summed E-state index contributed by atoms with van der Waals surface area (Å²) in [5, 5.41) is 2.78. The predicted molar refractivity (Wildman–Crippen MR) is 90.6 cm³/mol. The smallest absolute Gasteiger partial charge is 0.232 e. The van der Waals surface area contributed by atoms with E-state index in [1.165, 1.54) is 10.6 Å². The van der Waals surface area contributed by atoms with E-state index in [2.05, 4.69) is 5.32 Å². The van der Waals surface area contributed by atoms with E-state index in [9.17, 15) is 13.2 Å². The SMILES string of the molecule is CCc1cccc(C)c1N(CCC(=O)NC(C)C)S(C)(=O)=O. The average Bonchev–Trinajstić information content (AvgIpc) is 2.38. The van der Waals surface area contributed by atoms with Gasteiger partial charge < -0.3 is 5.32 Å². The van der Waals surface area contributed by atoms with Gasteiger partial charge in [-0.05, 0) is 38.3 Å². The van der Waals surface area contributed by atoms with Crippen molar-refractivity contribution in [3.63, 3.8) is 0 Å². The van der Waals surface area contributed by atoms with E-state index in [0.29, 0.717) is 5.69 Å². The van der Waals surface area contributed by atoms with Gasteiger partial charge in [-0.2, -0.15) is 0 Å². The molecule has 0 spiro atoms. The number of para-hydroxylation sites is 1. The Bertz CT molecular complexity index is 624. The second-order valence-corrected chi connectivity index (χ2v) is 7.65. The number of sulfonamides is 1. The average molecular weight is 326 g/mol. The number of aryl methyl sites for hydroxylation is 2. The van der Waals surface area contributed by atoms with Crippen LogP contribution in [0.3, 0.4) is 0 Å². The maximum absolute atomic E-state index is 12.2. The fourth-order valence-corrected chi connectivity index (χ4v) is 3.42. The number of hydrogen-bond acceptors (Lipinski definition) is 3. The Hall–Kier alpha value is -1.56. The van der Waals surface area contributed by atoms with Crippen LogP contribution in [0.5, 0.6) is 0 Å². The van der Waals surface area contributed by atoms with Crippen molar-refractivity contribution in [2.75, 3.05) is 17.1 Å². The van der Waals surface area contributed by atoms with Crippen molar-refractivity contribution in [1.29, 1.82) is 0 Å². The highest BCUT2D eigenvalue weighted by Crippen LogP contribution is 2.28. The normalized spacial score (nSPS) is 11.5. The van der Waals surface area contributed by atoms with Gasteiger partial charge in [0.25, 0.3) is 0 Å². The van der Waals surface area contributed by atoms with Crippen molar-refractivity contribution in [1.82, 2.24) is 5.32 Å². The van der Waals surface area contributed by atoms with Gasteiger partial charge in [-0.25, -0.2) is 8.42 Å². The van der Waals surface area contributed by atoms with Crippen LogP contribution in [0.25, 0.3) is 0 Å². The van der Waals surface area contributed by atoms with Crippen LogP contribution in [0.1, 0.15) is 38.3 Å². The molecule has 0 radical (unpaired) electrons. The molecule has 0 atom stereocenters. The van der Waals surface area contributed by atoms with E-state index in [4.69, 9.17) is 0 Å². The number of anilines is 1. The standard InChI is InChI=1S/C16H26N2O3S/c1-6-14-9-7-8-13(4)16(14)18(22(5,20)21)11-10-15(19)17-12(2)3/h7-9,12H,6,10-11H2,1-5H3,(H,17,19). The summed E-state index contributed by atoms with van der Waals surface area (Å²) in [6, 6.07) is 5.78. The summed E-state index contributed by atoms with van der Waals surface area (Å²) in [6.07, 6.45) is 2.06. The number of carbonyl (C=O) groups is 1. The van der Waals surface area contributed by atoms with Crippen LogP contribution in [0.15, 0.2) is 18.2 Å². The molecule has 6 heteroatoms. The van der Waals surface area contributed by atoms with Gasteiger partial charge in [0.1, 0.15) is 0 Å². The molecule has 0 aromatic heterocycles. The highest BCUT2D eigenvalue weighted by atomic mass is 32.2. The number of rotatable bonds is 7. The number of benzene rings is 1. The summed E-state index contributed by atoms with van der Waals surface area (Å²) < 4.78 is 25.7. The van der Waals surface area contributed by atoms with E-state index in [-0.39, 0.29) is 24.9 Å². The molecule has 0 unspecified atom stereocenters. The van der Waals surface area contributed by atoms with Gasteiger partial charge in [0.15, 0.2) is 0 Å². The lowest BCUT2D eigenvalue weighted by molar-refractivity contribution is -0.121. The quantitative estimate of drug-likeness (QED) is 0.835. The van der Waals surface area contributed by atoms with Crippen molar-refractivity contribution in [3.8, 4) is 0 Å². The largest absolute Gasteiger partial charge is 0.354 e. The van der Waals surface area contributed by atoms with Crippen molar-refractivity contribution in [2.24, 2.45) is 0 Å². The molecule has 124 valence electrons. The molecular weight excluding hydrogens is 300 g/mol. The number of nitrogens with zero attached hydrogens (tertiary/aromatic N) is 1. The summed E-state index contributed by atoms with van der Waals surface area (Å²) >= 11 is 0. The fraction of sp³-hybridized carbons (Fsp3) is 0.562. The lowest BCUT2D eigenvalue weighted by Gasteiger charge is -2.26. The highest BCUT2D eigenvalue weighted by Gasteiger charge is 2.22. The third-order valence-electron chi connectivity index (χ3n) is 3.34. The number of hydrogen-bond donors (Lipinski definition) is 1. The minimum absolute atomic E-state index is 0.0452. The summed E-state index contributed by atoms with van der Waals surface area (Å²) in [5.74, 6) is -0.143. The molecule has 1 rings (SSSR count). The molecule has 0 aliphatic carbocycles. The van der Waals surface area contributed by atoms with Crippen molar-refractivity contribution in [3.05, 3.63) is 29.3 Å².